The molecule has 26 heavy (non-hydrogen) atoms. The zero-order valence-electron chi connectivity index (χ0n) is 15.1. The van der Waals surface area contributed by atoms with E-state index in [0.29, 0.717) is 34.1 Å². The third-order valence-electron chi connectivity index (χ3n) is 4.79. The highest BCUT2D eigenvalue weighted by molar-refractivity contribution is 6.46. The Morgan fingerprint density at radius 2 is 2.00 bits per heavy atom. The van der Waals surface area contributed by atoms with Crippen LogP contribution in [0.2, 0.25) is 5.02 Å². The molecule has 1 aliphatic rings. The van der Waals surface area contributed by atoms with Crippen LogP contribution in [0.15, 0.2) is 29.8 Å². The van der Waals surface area contributed by atoms with Crippen LogP contribution in [0.3, 0.4) is 0 Å². The quantitative estimate of drug-likeness (QED) is 0.509. The number of ketones is 1. The number of hydrogen-bond acceptors (Lipinski definition) is 4. The average molecular weight is 374 g/mol. The number of likely N-dealkylation sites (N-methyl/N-ethyl adjacent to an activating group) is 1. The average Bonchev–Trinajstić information content (AvgIpc) is 3.00. The standard InChI is InChI=1S/C19H20ClN3O3/c1-5-23-16(12-7-6-8-13(20)9-12)15(18(25)19(23)26)17(24)14-10(2)21-22(4)11(14)3/h6-9,16,24H,5H2,1-4H3/b17-15+. The first-order valence-corrected chi connectivity index (χ1v) is 8.70. The van der Waals surface area contributed by atoms with Gasteiger partial charge in [-0.3, -0.25) is 14.3 Å². The molecule has 3 rings (SSSR count). The van der Waals surface area contributed by atoms with Gasteiger partial charge in [0.05, 0.1) is 22.9 Å². The number of aliphatic hydroxyl groups excluding tert-OH is 1. The number of benzene rings is 1. The van der Waals surface area contributed by atoms with Gasteiger partial charge in [-0.05, 0) is 38.5 Å². The summed E-state index contributed by atoms with van der Waals surface area (Å²) in [5.74, 6) is -1.53. The molecule has 2 aromatic rings. The molecule has 1 atom stereocenters. The Kier molecular flexibility index (Phi) is 4.63. The summed E-state index contributed by atoms with van der Waals surface area (Å²) in [7, 11) is 1.76. The number of rotatable bonds is 3. The Morgan fingerprint density at radius 3 is 2.54 bits per heavy atom. The van der Waals surface area contributed by atoms with Crippen molar-refractivity contribution in [2.45, 2.75) is 26.8 Å². The zero-order valence-corrected chi connectivity index (χ0v) is 15.8. The van der Waals surface area contributed by atoms with E-state index in [1.165, 1.54) is 4.90 Å². The molecule has 1 aromatic heterocycles. The molecule has 0 spiro atoms. The van der Waals surface area contributed by atoms with E-state index in [4.69, 9.17) is 11.6 Å². The van der Waals surface area contributed by atoms with Crippen LogP contribution in [0, 0.1) is 13.8 Å². The highest BCUT2D eigenvalue weighted by atomic mass is 35.5. The molecule has 1 aromatic carbocycles. The van der Waals surface area contributed by atoms with Crippen molar-refractivity contribution in [1.82, 2.24) is 14.7 Å². The first-order chi connectivity index (χ1) is 12.3. The largest absolute Gasteiger partial charge is 0.507 e. The molecular formula is C19H20ClN3O3. The number of hydrogen-bond donors (Lipinski definition) is 1. The smallest absolute Gasteiger partial charge is 0.295 e. The predicted octanol–water partition coefficient (Wildman–Crippen LogP) is 3.13. The summed E-state index contributed by atoms with van der Waals surface area (Å²) < 4.78 is 1.63. The Morgan fingerprint density at radius 1 is 1.31 bits per heavy atom. The van der Waals surface area contributed by atoms with Crippen molar-refractivity contribution >= 4 is 29.1 Å². The summed E-state index contributed by atoms with van der Waals surface area (Å²) in [6.07, 6.45) is 0. The molecule has 136 valence electrons. The third kappa shape index (κ3) is 2.70. The fraction of sp³-hybridized carbons (Fsp3) is 0.316. The number of aryl methyl sites for hydroxylation is 2. The summed E-state index contributed by atoms with van der Waals surface area (Å²) in [4.78, 5) is 26.7. The van der Waals surface area contributed by atoms with Crippen LogP contribution < -0.4 is 0 Å². The number of aliphatic hydroxyl groups is 1. The van der Waals surface area contributed by atoms with Gasteiger partial charge in [0, 0.05) is 24.3 Å². The van der Waals surface area contributed by atoms with E-state index < -0.39 is 17.7 Å². The van der Waals surface area contributed by atoms with Gasteiger partial charge in [-0.25, -0.2) is 0 Å². The maximum atomic E-state index is 12.7. The first-order valence-electron chi connectivity index (χ1n) is 8.32. The van der Waals surface area contributed by atoms with E-state index in [-0.39, 0.29) is 11.3 Å². The van der Waals surface area contributed by atoms with Crippen molar-refractivity contribution in [1.29, 1.82) is 0 Å². The molecule has 2 heterocycles. The van der Waals surface area contributed by atoms with Crippen molar-refractivity contribution in [3.8, 4) is 0 Å². The van der Waals surface area contributed by atoms with Gasteiger partial charge in [-0.15, -0.1) is 0 Å². The molecule has 0 bridgehead atoms. The number of amides is 1. The molecule has 0 aliphatic carbocycles. The SMILES string of the molecule is CCN1C(=O)C(=O)/C(=C(/O)c2c(C)nn(C)c2C)C1c1cccc(Cl)c1. The van der Waals surface area contributed by atoms with Crippen LogP contribution in [-0.4, -0.2) is 38.0 Å². The normalized spacial score (nSPS) is 19.4. The molecule has 1 fully saturated rings. The Bertz CT molecular complexity index is 946. The molecular weight excluding hydrogens is 354 g/mol. The van der Waals surface area contributed by atoms with Gasteiger partial charge in [-0.2, -0.15) is 5.10 Å². The Labute approximate surface area is 156 Å². The summed E-state index contributed by atoms with van der Waals surface area (Å²) in [5, 5.41) is 15.8. The van der Waals surface area contributed by atoms with E-state index in [9.17, 15) is 14.7 Å². The van der Waals surface area contributed by atoms with Gasteiger partial charge < -0.3 is 10.0 Å². The molecule has 1 amide bonds. The lowest BCUT2D eigenvalue weighted by molar-refractivity contribution is -0.139. The molecule has 1 saturated heterocycles. The number of halogens is 1. The maximum absolute atomic E-state index is 12.7. The Balaban J connectivity index is 2.28. The summed E-state index contributed by atoms with van der Waals surface area (Å²) in [5.41, 5.74) is 2.54. The van der Waals surface area contributed by atoms with Crippen molar-refractivity contribution in [3.63, 3.8) is 0 Å². The fourth-order valence-corrected chi connectivity index (χ4v) is 3.68. The molecule has 0 radical (unpaired) electrons. The van der Waals surface area contributed by atoms with Gasteiger partial charge in [0.1, 0.15) is 5.76 Å². The number of nitrogens with zero attached hydrogens (tertiary/aromatic N) is 3. The van der Waals surface area contributed by atoms with Crippen molar-refractivity contribution in [3.05, 3.63) is 57.4 Å². The summed E-state index contributed by atoms with van der Waals surface area (Å²) in [6, 6.07) is 6.29. The van der Waals surface area contributed by atoms with Gasteiger partial charge in [0.2, 0.25) is 0 Å². The van der Waals surface area contributed by atoms with Crippen LogP contribution >= 0.6 is 11.6 Å². The second kappa shape index (κ2) is 6.61. The monoisotopic (exact) mass is 373 g/mol. The second-order valence-electron chi connectivity index (χ2n) is 6.31. The number of aromatic nitrogens is 2. The van der Waals surface area contributed by atoms with Crippen LogP contribution in [0.4, 0.5) is 0 Å². The highest BCUT2D eigenvalue weighted by Gasteiger charge is 2.45. The minimum Gasteiger partial charge on any atom is -0.507 e. The van der Waals surface area contributed by atoms with Crippen LogP contribution in [0.25, 0.3) is 5.76 Å². The minimum atomic E-state index is -0.697. The molecule has 1 aliphatic heterocycles. The van der Waals surface area contributed by atoms with Crippen molar-refractivity contribution < 1.29 is 14.7 Å². The van der Waals surface area contributed by atoms with Crippen molar-refractivity contribution in [2.75, 3.05) is 6.54 Å². The first kappa shape index (κ1) is 18.2. The van der Waals surface area contributed by atoms with Gasteiger partial charge in [0.25, 0.3) is 11.7 Å². The lowest BCUT2D eigenvalue weighted by Gasteiger charge is -2.24. The van der Waals surface area contributed by atoms with Gasteiger partial charge >= 0.3 is 0 Å². The number of carbonyl (C=O) groups excluding carboxylic acids is 2. The van der Waals surface area contributed by atoms with E-state index in [0.717, 1.165) is 0 Å². The maximum Gasteiger partial charge on any atom is 0.295 e. The van der Waals surface area contributed by atoms with E-state index in [1.54, 1.807) is 56.8 Å². The van der Waals surface area contributed by atoms with E-state index >= 15 is 0 Å². The molecule has 0 saturated carbocycles. The van der Waals surface area contributed by atoms with Crippen LogP contribution in [0.5, 0.6) is 0 Å². The number of Topliss-reactive ketones (excluding diaryl/α,β-unsaturated/α-hetero) is 1. The minimum absolute atomic E-state index is 0.0679. The van der Waals surface area contributed by atoms with Crippen LogP contribution in [0.1, 0.15) is 35.5 Å². The lowest BCUT2D eigenvalue weighted by Crippen LogP contribution is -2.29. The molecule has 1 unspecified atom stereocenters. The van der Waals surface area contributed by atoms with Crippen LogP contribution in [-0.2, 0) is 16.6 Å². The molecule has 7 heteroatoms. The van der Waals surface area contributed by atoms with Crippen molar-refractivity contribution in [2.24, 2.45) is 7.05 Å². The van der Waals surface area contributed by atoms with Gasteiger partial charge in [-0.1, -0.05) is 23.7 Å². The highest BCUT2D eigenvalue weighted by Crippen LogP contribution is 2.40. The fourth-order valence-electron chi connectivity index (χ4n) is 3.48. The van der Waals surface area contributed by atoms with Gasteiger partial charge in [0.15, 0.2) is 0 Å². The molecule has 6 nitrogen and oxygen atoms in total. The Hall–Kier alpha value is -2.60. The second-order valence-corrected chi connectivity index (χ2v) is 6.75. The zero-order chi connectivity index (χ0) is 19.2. The molecule has 1 N–H and O–H groups in total. The number of likely N-dealkylation sites (tertiary alicyclic amines) is 1. The lowest BCUT2D eigenvalue weighted by atomic mass is 9.95. The predicted molar refractivity (Wildman–Crippen MR) is 98.8 cm³/mol. The number of carbonyl (C=O) groups is 2. The van der Waals surface area contributed by atoms with E-state index in [1.807, 2.05) is 0 Å². The topological polar surface area (TPSA) is 75.4 Å². The summed E-state index contributed by atoms with van der Waals surface area (Å²) >= 11 is 6.10. The van der Waals surface area contributed by atoms with E-state index in [2.05, 4.69) is 5.10 Å². The summed E-state index contributed by atoms with van der Waals surface area (Å²) in [6.45, 7) is 5.69. The third-order valence-corrected chi connectivity index (χ3v) is 5.03.